The molecule has 1 saturated heterocycles. The average molecular weight is 293 g/mol. The van der Waals surface area contributed by atoms with Crippen molar-refractivity contribution in [1.82, 2.24) is 14.9 Å². The van der Waals surface area contributed by atoms with Gasteiger partial charge in [-0.1, -0.05) is 24.8 Å². The van der Waals surface area contributed by atoms with Crippen LogP contribution in [0, 0.1) is 0 Å². The highest BCUT2D eigenvalue weighted by Gasteiger charge is 2.29. The van der Waals surface area contributed by atoms with Gasteiger partial charge in [0.1, 0.15) is 11.6 Å². The molecule has 0 spiro atoms. The lowest BCUT2D eigenvalue weighted by Gasteiger charge is -2.26. The Morgan fingerprint density at radius 1 is 1.14 bits per heavy atom. The van der Waals surface area contributed by atoms with Crippen LogP contribution in [0.3, 0.4) is 0 Å². The number of H-pyrrole nitrogens is 1. The van der Waals surface area contributed by atoms with E-state index in [-0.39, 0.29) is 11.5 Å². The Bertz CT molecular complexity index is 980. The summed E-state index contributed by atoms with van der Waals surface area (Å²) in [4.78, 5) is 27.5. The third-order valence-electron chi connectivity index (χ3n) is 4.26. The van der Waals surface area contributed by atoms with Gasteiger partial charge in [0.15, 0.2) is 0 Å². The van der Waals surface area contributed by atoms with E-state index in [4.69, 9.17) is 0 Å². The largest absolute Gasteiger partial charge is 0.329 e. The van der Waals surface area contributed by atoms with Gasteiger partial charge in [0.2, 0.25) is 5.91 Å². The van der Waals surface area contributed by atoms with Crippen molar-refractivity contribution < 1.29 is 4.79 Å². The zero-order valence-electron chi connectivity index (χ0n) is 11.9. The van der Waals surface area contributed by atoms with Crippen LogP contribution in [0.1, 0.15) is 18.9 Å². The molecule has 0 radical (unpaired) electrons. The van der Waals surface area contributed by atoms with E-state index in [0.29, 0.717) is 11.9 Å². The second-order valence-corrected chi connectivity index (χ2v) is 5.60. The number of aromatic nitrogens is 2. The number of hydrogen-bond donors (Lipinski definition) is 2. The van der Waals surface area contributed by atoms with Gasteiger partial charge in [-0.15, -0.1) is 0 Å². The highest BCUT2D eigenvalue weighted by atomic mass is 16.2. The number of aromatic amines is 1. The molecule has 3 heterocycles. The third kappa shape index (κ3) is 1.72. The first-order chi connectivity index (χ1) is 10.7. The second-order valence-electron chi connectivity index (χ2n) is 5.60. The first-order valence-electron chi connectivity index (χ1n) is 7.26. The van der Waals surface area contributed by atoms with E-state index < -0.39 is 6.04 Å². The van der Waals surface area contributed by atoms with Crippen LogP contribution in [0.15, 0.2) is 53.6 Å². The zero-order valence-corrected chi connectivity index (χ0v) is 11.9. The minimum atomic E-state index is -0.392. The summed E-state index contributed by atoms with van der Waals surface area (Å²) in [6, 6.07) is 9.28. The molecule has 2 N–H and O–H groups in total. The van der Waals surface area contributed by atoms with Crippen molar-refractivity contribution in [2.45, 2.75) is 18.9 Å². The Labute approximate surface area is 126 Å². The van der Waals surface area contributed by atoms with Gasteiger partial charge in [-0.3, -0.25) is 9.59 Å². The van der Waals surface area contributed by atoms with Crippen molar-refractivity contribution >= 4 is 27.7 Å². The number of rotatable bonds is 1. The molecular formula is C17H15N3O2. The lowest BCUT2D eigenvalue weighted by molar-refractivity contribution is -0.124. The number of hydrogen-bond acceptors (Lipinski definition) is 2. The highest BCUT2D eigenvalue weighted by molar-refractivity contribution is 6.08. The number of amides is 1. The van der Waals surface area contributed by atoms with Crippen molar-refractivity contribution in [2.24, 2.45) is 0 Å². The fraction of sp³-hybridized carbons (Fsp3) is 0.176. The van der Waals surface area contributed by atoms with Crippen molar-refractivity contribution in [2.75, 3.05) is 0 Å². The van der Waals surface area contributed by atoms with Crippen LogP contribution in [0.5, 0.6) is 0 Å². The molecule has 2 aromatic heterocycles. The molecule has 5 heteroatoms. The molecule has 110 valence electrons. The molecule has 1 amide bonds. The van der Waals surface area contributed by atoms with Crippen molar-refractivity contribution in [3.63, 3.8) is 0 Å². The van der Waals surface area contributed by atoms with E-state index in [1.807, 2.05) is 34.9 Å². The topological polar surface area (TPSA) is 66.9 Å². The number of piperidine rings is 1. The van der Waals surface area contributed by atoms with Crippen LogP contribution in [0.25, 0.3) is 21.8 Å². The van der Waals surface area contributed by atoms with E-state index in [1.54, 1.807) is 6.20 Å². The molecule has 1 aliphatic heterocycles. The van der Waals surface area contributed by atoms with Crippen LogP contribution < -0.4 is 10.9 Å². The van der Waals surface area contributed by atoms with Gasteiger partial charge in [0.25, 0.3) is 5.56 Å². The highest BCUT2D eigenvalue weighted by Crippen LogP contribution is 2.33. The minimum Gasteiger partial charge on any atom is -0.329 e. The maximum Gasteiger partial charge on any atom is 0.272 e. The van der Waals surface area contributed by atoms with Gasteiger partial charge in [-0.05, 0) is 25.0 Å². The number of nitrogens with one attached hydrogen (secondary N) is 2. The van der Waals surface area contributed by atoms with Gasteiger partial charge in [-0.25, -0.2) is 0 Å². The van der Waals surface area contributed by atoms with Crippen LogP contribution in [-0.2, 0) is 4.79 Å². The van der Waals surface area contributed by atoms with E-state index in [9.17, 15) is 9.59 Å². The van der Waals surface area contributed by atoms with Gasteiger partial charge in [0, 0.05) is 22.7 Å². The summed E-state index contributed by atoms with van der Waals surface area (Å²) in [5, 5.41) is 4.66. The number of fused-ring (bicyclic) bond motifs is 3. The van der Waals surface area contributed by atoms with Gasteiger partial charge in [-0.2, -0.15) is 0 Å². The smallest absolute Gasteiger partial charge is 0.272 e. The first kappa shape index (κ1) is 12.9. The van der Waals surface area contributed by atoms with Crippen LogP contribution in [-0.4, -0.2) is 15.5 Å². The lowest BCUT2D eigenvalue weighted by atomic mass is 10.0. The molecule has 5 nitrogen and oxygen atoms in total. The molecule has 0 saturated carbocycles. The third-order valence-corrected chi connectivity index (χ3v) is 4.26. The summed E-state index contributed by atoms with van der Waals surface area (Å²) >= 11 is 0. The predicted molar refractivity (Wildman–Crippen MR) is 85.6 cm³/mol. The predicted octanol–water partition coefficient (Wildman–Crippen LogP) is 2.45. The van der Waals surface area contributed by atoms with Crippen molar-refractivity contribution in [3.05, 3.63) is 59.2 Å². The SMILES string of the molecule is C=C1CCC(n2c3ccccc3c3cc[nH]c(=O)c32)C(=O)N1. The average Bonchev–Trinajstić information content (AvgIpc) is 2.84. The van der Waals surface area contributed by atoms with Gasteiger partial charge < -0.3 is 14.9 Å². The number of carbonyl (C=O) groups excluding carboxylic acids is 1. The summed E-state index contributed by atoms with van der Waals surface area (Å²) in [5.74, 6) is -0.109. The number of para-hydroxylation sites is 1. The standard InChI is InChI=1S/C17H15N3O2/c1-10-6-7-14(16(21)19-10)20-13-5-3-2-4-11(13)12-8-9-18-17(22)15(12)20/h2-5,8-9,14H,1,6-7H2,(H,18,22)(H,19,21). The van der Waals surface area contributed by atoms with Crippen molar-refractivity contribution in [3.8, 4) is 0 Å². The Kier molecular flexibility index (Phi) is 2.69. The summed E-state index contributed by atoms with van der Waals surface area (Å²) in [5.41, 5.74) is 2.01. The van der Waals surface area contributed by atoms with Gasteiger partial charge >= 0.3 is 0 Å². The molecule has 4 rings (SSSR count). The molecule has 22 heavy (non-hydrogen) atoms. The quantitative estimate of drug-likeness (QED) is 0.723. The van der Waals surface area contributed by atoms with Crippen LogP contribution in [0.2, 0.25) is 0 Å². The monoisotopic (exact) mass is 293 g/mol. The molecule has 1 aliphatic rings. The number of benzene rings is 1. The number of carbonyl (C=O) groups is 1. The molecular weight excluding hydrogens is 278 g/mol. The second kappa shape index (κ2) is 4.59. The normalized spacial score (nSPS) is 18.8. The summed E-state index contributed by atoms with van der Waals surface area (Å²) in [6.07, 6.45) is 3.01. The Morgan fingerprint density at radius 2 is 1.95 bits per heavy atom. The van der Waals surface area contributed by atoms with Crippen LogP contribution >= 0.6 is 0 Å². The first-order valence-corrected chi connectivity index (χ1v) is 7.26. The minimum absolute atomic E-state index is 0.109. The maximum absolute atomic E-state index is 12.4. The molecule has 3 aromatic rings. The van der Waals surface area contributed by atoms with Gasteiger partial charge in [0.05, 0.1) is 5.52 Å². The fourth-order valence-electron chi connectivity index (χ4n) is 3.29. The molecule has 1 aromatic carbocycles. The number of pyridine rings is 1. The van der Waals surface area contributed by atoms with E-state index in [0.717, 1.165) is 28.4 Å². The fourth-order valence-corrected chi connectivity index (χ4v) is 3.29. The van der Waals surface area contributed by atoms with Crippen molar-refractivity contribution in [1.29, 1.82) is 0 Å². The zero-order chi connectivity index (χ0) is 15.3. The van der Waals surface area contributed by atoms with E-state index in [2.05, 4.69) is 16.9 Å². The lowest BCUT2D eigenvalue weighted by Crippen LogP contribution is -2.36. The molecule has 1 atom stereocenters. The summed E-state index contributed by atoms with van der Waals surface area (Å²) in [7, 11) is 0. The summed E-state index contributed by atoms with van der Waals surface area (Å²) < 4.78 is 1.87. The number of allylic oxidation sites excluding steroid dienone is 1. The number of nitrogens with zero attached hydrogens (tertiary/aromatic N) is 1. The maximum atomic E-state index is 12.4. The molecule has 0 aliphatic carbocycles. The summed E-state index contributed by atoms with van der Waals surface area (Å²) in [6.45, 7) is 3.81. The molecule has 1 unspecified atom stereocenters. The molecule has 1 fully saturated rings. The Morgan fingerprint density at radius 3 is 2.77 bits per heavy atom. The Hall–Kier alpha value is -2.82. The van der Waals surface area contributed by atoms with E-state index in [1.165, 1.54) is 0 Å². The van der Waals surface area contributed by atoms with E-state index >= 15 is 0 Å². The Balaban J connectivity index is 2.09. The molecule has 0 bridgehead atoms. The van der Waals surface area contributed by atoms with Crippen LogP contribution in [0.4, 0.5) is 0 Å².